The zero-order valence-electron chi connectivity index (χ0n) is 18.5. The van der Waals surface area contributed by atoms with Gasteiger partial charge in [0.25, 0.3) is 0 Å². The second-order valence-corrected chi connectivity index (χ2v) is 7.94. The zero-order valence-corrected chi connectivity index (χ0v) is 18.5. The molecule has 1 rings (SSSR count). The molecule has 7 heteroatoms. The van der Waals surface area contributed by atoms with Crippen LogP contribution >= 0.6 is 0 Å². The maximum atomic E-state index is 12.8. The van der Waals surface area contributed by atoms with Crippen LogP contribution in [0, 0.1) is 5.92 Å². The highest BCUT2D eigenvalue weighted by Gasteiger charge is 2.24. The van der Waals surface area contributed by atoms with Gasteiger partial charge in [-0.1, -0.05) is 13.8 Å². The van der Waals surface area contributed by atoms with Gasteiger partial charge in [0.05, 0.1) is 0 Å². The van der Waals surface area contributed by atoms with E-state index in [1.54, 1.807) is 0 Å². The molecule has 0 heterocycles. The van der Waals surface area contributed by atoms with E-state index >= 15 is 0 Å². The van der Waals surface area contributed by atoms with Crippen molar-refractivity contribution >= 4 is 23.3 Å². The summed E-state index contributed by atoms with van der Waals surface area (Å²) < 4.78 is 4.88. The SMILES string of the molecule is COCC(=O)Nc1ccc(N(C)C)c(CN(C(=O)NC(C)C)[C@H](C)C(C)C)c1. The Bertz CT molecular complexity index is 659. The zero-order chi connectivity index (χ0) is 21.4. The van der Waals surface area contributed by atoms with E-state index in [-0.39, 0.29) is 30.6 Å². The fourth-order valence-electron chi connectivity index (χ4n) is 2.83. The Labute approximate surface area is 169 Å². The number of anilines is 2. The van der Waals surface area contributed by atoms with Gasteiger partial charge in [0, 0.05) is 51.2 Å². The van der Waals surface area contributed by atoms with E-state index in [0.717, 1.165) is 11.3 Å². The molecule has 1 aromatic carbocycles. The molecule has 0 saturated carbocycles. The molecule has 28 heavy (non-hydrogen) atoms. The summed E-state index contributed by atoms with van der Waals surface area (Å²) in [4.78, 5) is 28.6. The van der Waals surface area contributed by atoms with Crippen molar-refractivity contribution in [1.82, 2.24) is 10.2 Å². The average Bonchev–Trinajstić information content (AvgIpc) is 2.58. The smallest absolute Gasteiger partial charge is 0.318 e. The number of nitrogens with one attached hydrogen (secondary N) is 2. The number of hydrogen-bond acceptors (Lipinski definition) is 4. The van der Waals surface area contributed by atoms with E-state index in [1.807, 2.05) is 55.9 Å². The summed E-state index contributed by atoms with van der Waals surface area (Å²) in [5.74, 6) is 0.0984. The summed E-state index contributed by atoms with van der Waals surface area (Å²) in [5, 5.41) is 5.83. The highest BCUT2D eigenvalue weighted by molar-refractivity contribution is 5.92. The molecule has 0 fully saturated rings. The second-order valence-electron chi connectivity index (χ2n) is 7.94. The maximum absolute atomic E-state index is 12.8. The van der Waals surface area contributed by atoms with Crippen LogP contribution in [0.15, 0.2) is 18.2 Å². The second kappa shape index (κ2) is 10.9. The lowest BCUT2D eigenvalue weighted by Crippen LogP contribution is -2.48. The van der Waals surface area contributed by atoms with Gasteiger partial charge in [0.15, 0.2) is 0 Å². The normalized spacial score (nSPS) is 12.1. The monoisotopic (exact) mass is 392 g/mol. The number of urea groups is 1. The standard InChI is InChI=1S/C21H36N4O3/c1-14(2)16(5)25(21(27)22-15(3)4)12-17-11-18(23-20(26)13-28-8)9-10-19(17)24(6)7/h9-11,14-16H,12-13H2,1-8H3,(H,22,27)(H,23,26)/t16-/m1/s1. The van der Waals surface area contributed by atoms with Crippen molar-refractivity contribution < 1.29 is 14.3 Å². The lowest BCUT2D eigenvalue weighted by atomic mass is 10.0. The Morgan fingerprint density at radius 3 is 2.25 bits per heavy atom. The van der Waals surface area contributed by atoms with Gasteiger partial charge in [-0.25, -0.2) is 4.79 Å². The predicted octanol–water partition coefficient (Wildman–Crippen LogP) is 3.30. The van der Waals surface area contributed by atoms with E-state index in [1.165, 1.54) is 7.11 Å². The molecule has 0 saturated heterocycles. The van der Waals surface area contributed by atoms with E-state index in [4.69, 9.17) is 4.74 Å². The number of ether oxygens (including phenoxy) is 1. The molecule has 158 valence electrons. The van der Waals surface area contributed by atoms with Crippen LogP contribution in [-0.4, -0.2) is 56.7 Å². The fourth-order valence-corrected chi connectivity index (χ4v) is 2.83. The van der Waals surface area contributed by atoms with Crippen molar-refractivity contribution in [3.05, 3.63) is 23.8 Å². The average molecular weight is 393 g/mol. The van der Waals surface area contributed by atoms with Crippen molar-refractivity contribution in [3.63, 3.8) is 0 Å². The van der Waals surface area contributed by atoms with Crippen LogP contribution in [0.25, 0.3) is 0 Å². The third-order valence-corrected chi connectivity index (χ3v) is 4.59. The van der Waals surface area contributed by atoms with Crippen molar-refractivity contribution in [2.45, 2.75) is 53.2 Å². The first-order valence-electron chi connectivity index (χ1n) is 9.73. The number of carbonyl (C=O) groups is 2. The van der Waals surface area contributed by atoms with Crippen LogP contribution in [0.2, 0.25) is 0 Å². The Morgan fingerprint density at radius 1 is 1.11 bits per heavy atom. The molecule has 1 aromatic rings. The number of carbonyl (C=O) groups excluding carboxylic acids is 2. The first-order valence-corrected chi connectivity index (χ1v) is 9.73. The van der Waals surface area contributed by atoms with Gasteiger partial charge in [0.2, 0.25) is 5.91 Å². The molecule has 0 bridgehead atoms. The maximum Gasteiger partial charge on any atom is 0.318 e. The number of amides is 3. The number of methoxy groups -OCH3 is 1. The molecule has 2 N–H and O–H groups in total. The molecule has 3 amide bonds. The van der Waals surface area contributed by atoms with Gasteiger partial charge in [0.1, 0.15) is 6.61 Å². The summed E-state index contributed by atoms with van der Waals surface area (Å²) in [6.07, 6.45) is 0. The van der Waals surface area contributed by atoms with E-state index < -0.39 is 0 Å². The van der Waals surface area contributed by atoms with Gasteiger partial charge in [-0.15, -0.1) is 0 Å². The van der Waals surface area contributed by atoms with Crippen LogP contribution in [0.1, 0.15) is 40.2 Å². The van der Waals surface area contributed by atoms with Crippen molar-refractivity contribution in [1.29, 1.82) is 0 Å². The van der Waals surface area contributed by atoms with E-state index in [2.05, 4.69) is 31.4 Å². The third-order valence-electron chi connectivity index (χ3n) is 4.59. The number of benzene rings is 1. The Hall–Kier alpha value is -2.28. The van der Waals surface area contributed by atoms with Crippen LogP contribution in [0.3, 0.4) is 0 Å². The van der Waals surface area contributed by atoms with Gasteiger partial charge in [-0.2, -0.15) is 0 Å². The molecule has 0 aliphatic carbocycles. The third kappa shape index (κ3) is 7.03. The quantitative estimate of drug-likeness (QED) is 0.676. The summed E-state index contributed by atoms with van der Waals surface area (Å²) in [6.45, 7) is 10.6. The van der Waals surface area contributed by atoms with E-state index in [0.29, 0.717) is 18.2 Å². The Kier molecular flexibility index (Phi) is 9.25. The molecular weight excluding hydrogens is 356 g/mol. The summed E-state index contributed by atoms with van der Waals surface area (Å²) in [5.41, 5.74) is 2.65. The Balaban J connectivity index is 3.23. The van der Waals surface area contributed by atoms with Gasteiger partial charge in [-0.3, -0.25) is 4.79 Å². The topological polar surface area (TPSA) is 73.9 Å². The van der Waals surface area contributed by atoms with Crippen molar-refractivity contribution in [2.24, 2.45) is 5.92 Å². The number of rotatable bonds is 9. The minimum absolute atomic E-state index is 0.00192. The fraction of sp³-hybridized carbons (Fsp3) is 0.619. The minimum Gasteiger partial charge on any atom is -0.377 e. The van der Waals surface area contributed by atoms with Crippen LogP contribution in [-0.2, 0) is 16.1 Å². The lowest BCUT2D eigenvalue weighted by molar-refractivity contribution is -0.119. The van der Waals surface area contributed by atoms with Gasteiger partial charge < -0.3 is 25.2 Å². The van der Waals surface area contributed by atoms with Crippen molar-refractivity contribution in [3.8, 4) is 0 Å². The molecule has 1 atom stereocenters. The predicted molar refractivity (Wildman–Crippen MR) is 115 cm³/mol. The minimum atomic E-state index is -0.212. The molecular formula is C21H36N4O3. The molecule has 7 nitrogen and oxygen atoms in total. The van der Waals surface area contributed by atoms with Crippen molar-refractivity contribution in [2.75, 3.05) is 38.0 Å². The highest BCUT2D eigenvalue weighted by atomic mass is 16.5. The highest BCUT2D eigenvalue weighted by Crippen LogP contribution is 2.26. The summed E-state index contributed by atoms with van der Waals surface area (Å²) in [6, 6.07) is 5.76. The lowest BCUT2D eigenvalue weighted by Gasteiger charge is -2.34. The molecule has 0 radical (unpaired) electrons. The summed E-state index contributed by atoms with van der Waals surface area (Å²) >= 11 is 0. The van der Waals surface area contributed by atoms with Crippen LogP contribution in [0.5, 0.6) is 0 Å². The molecule has 0 unspecified atom stereocenters. The van der Waals surface area contributed by atoms with Gasteiger partial charge in [-0.05, 0) is 50.5 Å². The molecule has 0 spiro atoms. The van der Waals surface area contributed by atoms with Gasteiger partial charge >= 0.3 is 6.03 Å². The largest absolute Gasteiger partial charge is 0.377 e. The number of nitrogens with zero attached hydrogens (tertiary/aromatic N) is 2. The molecule has 0 aliphatic rings. The van der Waals surface area contributed by atoms with E-state index in [9.17, 15) is 9.59 Å². The first kappa shape index (κ1) is 23.8. The molecule has 0 aromatic heterocycles. The Morgan fingerprint density at radius 2 is 1.75 bits per heavy atom. The first-order chi connectivity index (χ1) is 13.1. The van der Waals surface area contributed by atoms with Crippen LogP contribution in [0.4, 0.5) is 16.2 Å². The summed E-state index contributed by atoms with van der Waals surface area (Å²) in [7, 11) is 5.41. The molecule has 0 aliphatic heterocycles. The van der Waals surface area contributed by atoms with Crippen LogP contribution < -0.4 is 15.5 Å². The number of hydrogen-bond donors (Lipinski definition) is 2.